The maximum absolute atomic E-state index is 8.50. The third kappa shape index (κ3) is 1.48. The van der Waals surface area contributed by atoms with Gasteiger partial charge in [-0.3, -0.25) is 0 Å². The van der Waals surface area contributed by atoms with E-state index in [1.54, 1.807) is 12.4 Å². The standard InChI is InChI=1S/C10H7N3O/c1-7-2-3-9(14-7)8-5-12-10(4-11)13-6-8/h2-3,5-6H,1H3. The Hall–Kier alpha value is -2.15. The summed E-state index contributed by atoms with van der Waals surface area (Å²) in [6.07, 6.45) is 3.15. The average molecular weight is 185 g/mol. The molecule has 0 bridgehead atoms. The van der Waals surface area contributed by atoms with E-state index in [1.165, 1.54) is 0 Å². The van der Waals surface area contributed by atoms with Gasteiger partial charge in [-0.25, -0.2) is 9.97 Å². The van der Waals surface area contributed by atoms with Crippen LogP contribution in [0.4, 0.5) is 0 Å². The fraction of sp³-hybridized carbons (Fsp3) is 0.100. The molecule has 0 radical (unpaired) electrons. The minimum Gasteiger partial charge on any atom is -0.461 e. The second-order valence-corrected chi connectivity index (χ2v) is 2.82. The second-order valence-electron chi connectivity index (χ2n) is 2.82. The molecule has 2 aromatic rings. The van der Waals surface area contributed by atoms with Crippen LogP contribution >= 0.6 is 0 Å². The van der Waals surface area contributed by atoms with Gasteiger partial charge in [-0.1, -0.05) is 0 Å². The first-order valence-corrected chi connectivity index (χ1v) is 4.08. The molecule has 0 saturated carbocycles. The van der Waals surface area contributed by atoms with Gasteiger partial charge in [0.2, 0.25) is 5.82 Å². The highest BCUT2D eigenvalue weighted by Gasteiger charge is 2.03. The van der Waals surface area contributed by atoms with Crippen molar-refractivity contribution in [3.05, 3.63) is 36.1 Å². The van der Waals surface area contributed by atoms with E-state index in [4.69, 9.17) is 9.68 Å². The maximum atomic E-state index is 8.50. The van der Waals surface area contributed by atoms with Crippen molar-refractivity contribution in [2.45, 2.75) is 6.92 Å². The number of aromatic nitrogens is 2. The summed E-state index contributed by atoms with van der Waals surface area (Å²) in [5, 5.41) is 8.50. The lowest BCUT2D eigenvalue weighted by molar-refractivity contribution is 0.548. The number of furan rings is 1. The predicted molar refractivity (Wildman–Crippen MR) is 49.2 cm³/mol. The Morgan fingerprint density at radius 2 is 2.00 bits per heavy atom. The Kier molecular flexibility index (Phi) is 1.99. The first-order valence-electron chi connectivity index (χ1n) is 4.08. The number of hydrogen-bond acceptors (Lipinski definition) is 4. The molecule has 2 heterocycles. The minimum atomic E-state index is 0.164. The summed E-state index contributed by atoms with van der Waals surface area (Å²) in [6, 6.07) is 5.57. The summed E-state index contributed by atoms with van der Waals surface area (Å²) >= 11 is 0. The van der Waals surface area contributed by atoms with Gasteiger partial charge in [0, 0.05) is 12.4 Å². The van der Waals surface area contributed by atoms with Crippen molar-refractivity contribution in [2.24, 2.45) is 0 Å². The average Bonchev–Trinajstić information content (AvgIpc) is 2.65. The number of hydrogen-bond donors (Lipinski definition) is 0. The third-order valence-electron chi connectivity index (χ3n) is 1.78. The monoisotopic (exact) mass is 185 g/mol. The van der Waals surface area contributed by atoms with Gasteiger partial charge >= 0.3 is 0 Å². The largest absolute Gasteiger partial charge is 0.461 e. The van der Waals surface area contributed by atoms with Crippen molar-refractivity contribution in [2.75, 3.05) is 0 Å². The van der Waals surface area contributed by atoms with Crippen LogP contribution in [-0.2, 0) is 0 Å². The fourth-order valence-electron chi connectivity index (χ4n) is 1.10. The van der Waals surface area contributed by atoms with E-state index in [-0.39, 0.29) is 5.82 Å². The molecular weight excluding hydrogens is 178 g/mol. The van der Waals surface area contributed by atoms with Crippen molar-refractivity contribution < 1.29 is 4.42 Å². The fourth-order valence-corrected chi connectivity index (χ4v) is 1.10. The van der Waals surface area contributed by atoms with Crippen LogP contribution in [-0.4, -0.2) is 9.97 Å². The van der Waals surface area contributed by atoms with Crippen LogP contribution in [0.25, 0.3) is 11.3 Å². The molecule has 0 N–H and O–H groups in total. The molecule has 2 aromatic heterocycles. The van der Waals surface area contributed by atoms with Crippen LogP contribution in [0.1, 0.15) is 11.6 Å². The lowest BCUT2D eigenvalue weighted by atomic mass is 10.3. The third-order valence-corrected chi connectivity index (χ3v) is 1.78. The van der Waals surface area contributed by atoms with Crippen LogP contribution in [0.15, 0.2) is 28.9 Å². The molecule has 4 heteroatoms. The first kappa shape index (κ1) is 8.45. The number of aryl methyl sites for hydroxylation is 1. The van der Waals surface area contributed by atoms with Crippen LogP contribution in [0.2, 0.25) is 0 Å². The summed E-state index contributed by atoms with van der Waals surface area (Å²) in [5.74, 6) is 1.72. The van der Waals surface area contributed by atoms with Gasteiger partial charge in [-0.05, 0) is 19.1 Å². The molecule has 0 aliphatic carbocycles. The number of rotatable bonds is 1. The van der Waals surface area contributed by atoms with Crippen LogP contribution in [0.5, 0.6) is 0 Å². The van der Waals surface area contributed by atoms with Crippen molar-refractivity contribution >= 4 is 0 Å². The second kappa shape index (κ2) is 3.30. The van der Waals surface area contributed by atoms with E-state index in [2.05, 4.69) is 9.97 Å². The van der Waals surface area contributed by atoms with Crippen LogP contribution in [0.3, 0.4) is 0 Å². The molecule has 0 spiro atoms. The SMILES string of the molecule is Cc1ccc(-c2cnc(C#N)nc2)o1. The van der Waals surface area contributed by atoms with Gasteiger partial charge in [-0.2, -0.15) is 5.26 Å². The zero-order chi connectivity index (χ0) is 9.97. The molecule has 0 atom stereocenters. The smallest absolute Gasteiger partial charge is 0.232 e. The Balaban J connectivity index is 2.39. The van der Waals surface area contributed by atoms with Crippen LogP contribution in [0, 0.1) is 18.3 Å². The van der Waals surface area contributed by atoms with Crippen molar-refractivity contribution in [3.63, 3.8) is 0 Å². The van der Waals surface area contributed by atoms with Crippen LogP contribution < -0.4 is 0 Å². The topological polar surface area (TPSA) is 62.7 Å². The predicted octanol–water partition coefficient (Wildman–Crippen LogP) is 1.92. The lowest BCUT2D eigenvalue weighted by Gasteiger charge is -1.94. The van der Waals surface area contributed by atoms with Crippen molar-refractivity contribution in [1.82, 2.24) is 9.97 Å². The van der Waals surface area contributed by atoms with E-state index in [9.17, 15) is 0 Å². The zero-order valence-electron chi connectivity index (χ0n) is 7.56. The van der Waals surface area contributed by atoms with Crippen molar-refractivity contribution in [1.29, 1.82) is 5.26 Å². The molecule has 2 rings (SSSR count). The lowest BCUT2D eigenvalue weighted by Crippen LogP contribution is -1.87. The summed E-state index contributed by atoms with van der Waals surface area (Å²) in [6.45, 7) is 1.87. The van der Waals surface area contributed by atoms with Crippen molar-refractivity contribution in [3.8, 4) is 17.4 Å². The first-order chi connectivity index (χ1) is 6.79. The molecule has 0 saturated heterocycles. The Bertz CT molecular complexity index is 479. The molecule has 0 amide bonds. The van der Waals surface area contributed by atoms with E-state index in [0.29, 0.717) is 5.76 Å². The minimum absolute atomic E-state index is 0.164. The highest BCUT2D eigenvalue weighted by Crippen LogP contribution is 2.19. The summed E-state index contributed by atoms with van der Waals surface area (Å²) < 4.78 is 5.38. The van der Waals surface area contributed by atoms with Gasteiger partial charge in [0.05, 0.1) is 5.56 Å². The molecule has 14 heavy (non-hydrogen) atoms. The molecule has 0 aliphatic rings. The quantitative estimate of drug-likeness (QED) is 0.680. The molecular formula is C10H7N3O. The molecule has 0 aliphatic heterocycles. The van der Waals surface area contributed by atoms with Gasteiger partial charge in [-0.15, -0.1) is 0 Å². The molecule has 0 fully saturated rings. The van der Waals surface area contributed by atoms with Gasteiger partial charge < -0.3 is 4.42 Å². The Labute approximate surface area is 80.8 Å². The number of nitrogens with zero attached hydrogens (tertiary/aromatic N) is 3. The van der Waals surface area contributed by atoms with E-state index in [1.807, 2.05) is 25.1 Å². The summed E-state index contributed by atoms with van der Waals surface area (Å²) in [4.78, 5) is 7.70. The van der Waals surface area contributed by atoms with E-state index in [0.717, 1.165) is 11.3 Å². The van der Waals surface area contributed by atoms with Gasteiger partial charge in [0.25, 0.3) is 0 Å². The zero-order valence-corrected chi connectivity index (χ0v) is 7.56. The molecule has 4 nitrogen and oxygen atoms in total. The normalized spacial score (nSPS) is 9.71. The Morgan fingerprint density at radius 3 is 2.50 bits per heavy atom. The molecule has 0 unspecified atom stereocenters. The maximum Gasteiger partial charge on any atom is 0.232 e. The number of nitriles is 1. The van der Waals surface area contributed by atoms with E-state index >= 15 is 0 Å². The highest BCUT2D eigenvalue weighted by atomic mass is 16.3. The summed E-state index contributed by atoms with van der Waals surface area (Å²) in [5.41, 5.74) is 0.775. The molecule has 68 valence electrons. The van der Waals surface area contributed by atoms with Gasteiger partial charge in [0.15, 0.2) is 0 Å². The highest BCUT2D eigenvalue weighted by molar-refractivity contribution is 5.54. The summed E-state index contributed by atoms with van der Waals surface area (Å²) in [7, 11) is 0. The van der Waals surface area contributed by atoms with E-state index < -0.39 is 0 Å². The molecule has 0 aromatic carbocycles. The van der Waals surface area contributed by atoms with Gasteiger partial charge in [0.1, 0.15) is 17.6 Å². The Morgan fingerprint density at radius 1 is 1.29 bits per heavy atom.